The van der Waals surface area contributed by atoms with Gasteiger partial charge in [-0.05, 0) is 36.9 Å². The zero-order valence-electron chi connectivity index (χ0n) is 19.7. The summed E-state index contributed by atoms with van der Waals surface area (Å²) in [5.74, 6) is -1.06. The predicted octanol–water partition coefficient (Wildman–Crippen LogP) is 2.00. The maximum absolute atomic E-state index is 14.4. The number of carbonyl (C=O) groups is 1. The fourth-order valence-electron chi connectivity index (χ4n) is 3.91. The van der Waals surface area contributed by atoms with Crippen LogP contribution in [-0.4, -0.2) is 68.1 Å². The van der Waals surface area contributed by atoms with Crippen LogP contribution in [0.4, 0.5) is 19.5 Å². The first-order chi connectivity index (χ1) is 17.8. The molecule has 37 heavy (non-hydrogen) atoms. The molecule has 12 nitrogen and oxygen atoms in total. The summed E-state index contributed by atoms with van der Waals surface area (Å²) >= 11 is 0. The van der Waals surface area contributed by atoms with Crippen molar-refractivity contribution in [1.82, 2.24) is 34.9 Å². The van der Waals surface area contributed by atoms with Crippen molar-refractivity contribution in [2.24, 2.45) is 0 Å². The van der Waals surface area contributed by atoms with Crippen molar-refractivity contribution >= 4 is 18.2 Å². The molecule has 0 bridgehead atoms. The van der Waals surface area contributed by atoms with E-state index >= 15 is 0 Å². The number of nitrogens with zero attached hydrogens (tertiary/aromatic N) is 9. The van der Waals surface area contributed by atoms with Crippen molar-refractivity contribution < 1.29 is 13.6 Å². The third-order valence-electron chi connectivity index (χ3n) is 5.74. The molecule has 3 aromatic rings. The maximum Gasteiger partial charge on any atom is 0.318 e. The Morgan fingerprint density at radius 1 is 1.19 bits per heavy atom. The summed E-state index contributed by atoms with van der Waals surface area (Å²) in [5, 5.41) is 32.3. The van der Waals surface area contributed by atoms with E-state index in [0.29, 0.717) is 37.6 Å². The van der Waals surface area contributed by atoms with Crippen LogP contribution in [0.25, 0.3) is 5.82 Å². The van der Waals surface area contributed by atoms with Crippen LogP contribution >= 0.6 is 0 Å². The highest BCUT2D eigenvalue weighted by Crippen LogP contribution is 2.21. The summed E-state index contributed by atoms with van der Waals surface area (Å²) in [7, 11) is 0. The van der Waals surface area contributed by atoms with E-state index in [1.165, 1.54) is 12.1 Å². The number of hydrogen-bond donors (Lipinski definition) is 2. The lowest BCUT2D eigenvalue weighted by molar-refractivity contribution is 0.190. The molecular formula is C23H21F2N11O. The number of urea groups is 1. The Balaban J connectivity index is 1.44. The van der Waals surface area contributed by atoms with E-state index in [1.807, 2.05) is 6.07 Å². The molecule has 14 heteroatoms. The average Bonchev–Trinajstić information content (AvgIpc) is 3.28. The van der Waals surface area contributed by atoms with Gasteiger partial charge in [-0.15, -0.1) is 5.10 Å². The molecule has 0 unspecified atom stereocenters. The molecule has 2 amide bonds. The van der Waals surface area contributed by atoms with E-state index in [9.17, 15) is 13.6 Å². The normalized spacial score (nSPS) is 14.0. The minimum atomic E-state index is -0.728. The molecule has 1 aliphatic rings. The lowest BCUT2D eigenvalue weighted by Gasteiger charge is -2.35. The number of hydrogen-bond acceptors (Lipinski definition) is 9. The van der Waals surface area contributed by atoms with E-state index in [4.69, 9.17) is 15.9 Å². The highest BCUT2D eigenvalue weighted by molar-refractivity contribution is 5.75. The van der Waals surface area contributed by atoms with Crippen molar-refractivity contribution in [2.75, 3.05) is 31.1 Å². The van der Waals surface area contributed by atoms with Gasteiger partial charge in [-0.1, -0.05) is 0 Å². The molecule has 1 saturated heterocycles. The number of nitriles is 2. The van der Waals surface area contributed by atoms with Gasteiger partial charge in [-0.2, -0.15) is 20.2 Å². The number of nitrogens with one attached hydrogen (secondary N) is 2. The summed E-state index contributed by atoms with van der Waals surface area (Å²) in [4.78, 5) is 28.5. The molecule has 0 radical (unpaired) electrons. The summed E-state index contributed by atoms with van der Waals surface area (Å²) < 4.78 is 29.5. The standard InChI is InChI=1S/C23H21F2N11O/c1-14-30-20(12-28)33-36(14)21-18(25)13-29-22(32-21)34-4-6-35(7-5-34)23(37)31-19(2-3-26)16-8-15(11-27)9-17(24)10-16/h3,8-10,13,19,26H,2,4-7H2,1H3,(H,31,37)/t19-/m0/s1. The first-order valence-corrected chi connectivity index (χ1v) is 11.2. The van der Waals surface area contributed by atoms with Crippen LogP contribution in [-0.2, 0) is 0 Å². The molecule has 1 fully saturated rings. The third-order valence-corrected chi connectivity index (χ3v) is 5.74. The minimum absolute atomic E-state index is 0.111. The van der Waals surface area contributed by atoms with Crippen molar-refractivity contribution in [3.8, 4) is 18.0 Å². The second kappa shape index (κ2) is 10.7. The third kappa shape index (κ3) is 5.48. The Morgan fingerprint density at radius 2 is 1.95 bits per heavy atom. The summed E-state index contributed by atoms with van der Waals surface area (Å²) in [6, 6.07) is 6.41. The van der Waals surface area contributed by atoms with Crippen LogP contribution in [0, 0.1) is 46.6 Å². The molecule has 1 aromatic carbocycles. The van der Waals surface area contributed by atoms with Gasteiger partial charge in [0.25, 0.3) is 5.82 Å². The van der Waals surface area contributed by atoms with Crippen LogP contribution in [0.1, 0.15) is 35.2 Å². The van der Waals surface area contributed by atoms with Gasteiger partial charge in [0, 0.05) is 32.6 Å². The molecule has 1 aliphatic heterocycles. The zero-order chi connectivity index (χ0) is 26.5. The van der Waals surface area contributed by atoms with Crippen molar-refractivity contribution in [2.45, 2.75) is 19.4 Å². The lowest BCUT2D eigenvalue weighted by Crippen LogP contribution is -2.52. The number of carbonyl (C=O) groups excluding carboxylic acids is 1. The van der Waals surface area contributed by atoms with E-state index in [2.05, 4.69) is 25.4 Å². The number of aryl methyl sites for hydroxylation is 1. The summed E-state index contributed by atoms with van der Waals surface area (Å²) in [6.45, 7) is 2.88. The Labute approximate surface area is 210 Å². The highest BCUT2D eigenvalue weighted by atomic mass is 19.1. The van der Waals surface area contributed by atoms with Gasteiger partial charge in [0.2, 0.25) is 5.95 Å². The van der Waals surface area contributed by atoms with Crippen LogP contribution in [0.15, 0.2) is 24.4 Å². The van der Waals surface area contributed by atoms with Gasteiger partial charge in [0.05, 0.1) is 23.9 Å². The first kappa shape index (κ1) is 25.1. The SMILES string of the molecule is Cc1nc(C#N)nn1-c1nc(N2CCN(C(=O)N[C@@H](CC=N)c3cc(F)cc(C#N)c3)CC2)ncc1F. The van der Waals surface area contributed by atoms with Crippen molar-refractivity contribution in [3.05, 3.63) is 58.8 Å². The summed E-state index contributed by atoms with van der Waals surface area (Å²) in [5.41, 5.74) is 0.513. The number of rotatable bonds is 6. The monoisotopic (exact) mass is 505 g/mol. The van der Waals surface area contributed by atoms with E-state index in [0.717, 1.165) is 23.2 Å². The van der Waals surface area contributed by atoms with Crippen molar-refractivity contribution in [3.63, 3.8) is 0 Å². The zero-order valence-corrected chi connectivity index (χ0v) is 19.7. The van der Waals surface area contributed by atoms with Gasteiger partial charge in [0.15, 0.2) is 11.6 Å². The van der Waals surface area contributed by atoms with Gasteiger partial charge < -0.3 is 20.5 Å². The Kier molecular flexibility index (Phi) is 7.29. The molecule has 2 aromatic heterocycles. The fourth-order valence-corrected chi connectivity index (χ4v) is 3.91. The maximum atomic E-state index is 14.4. The number of anilines is 1. The van der Waals surface area contributed by atoms with Gasteiger partial charge in [-0.25, -0.2) is 23.5 Å². The van der Waals surface area contributed by atoms with Crippen LogP contribution < -0.4 is 10.2 Å². The Morgan fingerprint density at radius 3 is 2.59 bits per heavy atom. The van der Waals surface area contributed by atoms with E-state index in [-0.39, 0.29) is 29.6 Å². The number of piperazine rings is 1. The Hall–Kier alpha value is -4.98. The lowest BCUT2D eigenvalue weighted by atomic mass is 10.0. The fraction of sp³-hybridized carbons (Fsp3) is 0.304. The van der Waals surface area contributed by atoms with Crippen LogP contribution in [0.2, 0.25) is 0 Å². The highest BCUT2D eigenvalue weighted by Gasteiger charge is 2.26. The van der Waals surface area contributed by atoms with Gasteiger partial charge >= 0.3 is 6.03 Å². The molecule has 1 atom stereocenters. The smallest absolute Gasteiger partial charge is 0.318 e. The average molecular weight is 505 g/mol. The largest absolute Gasteiger partial charge is 0.337 e. The van der Waals surface area contributed by atoms with Crippen LogP contribution in [0.5, 0.6) is 0 Å². The Bertz CT molecular complexity index is 1420. The molecule has 0 spiro atoms. The molecule has 188 valence electrons. The van der Waals surface area contributed by atoms with E-state index < -0.39 is 23.7 Å². The molecule has 4 rings (SSSR count). The number of aromatic nitrogens is 5. The molecule has 0 aliphatic carbocycles. The van der Waals surface area contributed by atoms with Crippen molar-refractivity contribution in [1.29, 1.82) is 15.9 Å². The first-order valence-electron chi connectivity index (χ1n) is 11.2. The second-order valence-corrected chi connectivity index (χ2v) is 8.15. The number of halogens is 2. The van der Waals surface area contributed by atoms with Crippen LogP contribution in [0.3, 0.4) is 0 Å². The molecular weight excluding hydrogens is 484 g/mol. The quantitative estimate of drug-likeness (QED) is 0.480. The van der Waals surface area contributed by atoms with Gasteiger partial charge in [-0.3, -0.25) is 0 Å². The van der Waals surface area contributed by atoms with Gasteiger partial charge in [0.1, 0.15) is 17.7 Å². The number of amides is 2. The topological polar surface area (TPSA) is 164 Å². The second-order valence-electron chi connectivity index (χ2n) is 8.15. The molecule has 3 heterocycles. The number of benzene rings is 1. The van der Waals surface area contributed by atoms with E-state index in [1.54, 1.807) is 22.8 Å². The predicted molar refractivity (Wildman–Crippen MR) is 126 cm³/mol. The summed E-state index contributed by atoms with van der Waals surface area (Å²) in [6.07, 6.45) is 2.25. The molecule has 2 N–H and O–H groups in total. The molecule has 0 saturated carbocycles. The minimum Gasteiger partial charge on any atom is -0.337 e.